The van der Waals surface area contributed by atoms with Crippen LogP contribution in [0.1, 0.15) is 0 Å². The molecular formula is CHNSYb. The van der Waals surface area contributed by atoms with Crippen molar-refractivity contribution in [2.24, 2.45) is 0 Å². The second-order valence-corrected chi connectivity index (χ2v) is 0.300. The molecule has 0 aliphatic rings. The minimum Gasteiger partial charge on any atom is -0.185 e. The normalized spacial score (nSPS) is 2.00. The number of thiol groups is 1. The van der Waals surface area contributed by atoms with Crippen molar-refractivity contribution in [1.82, 2.24) is 0 Å². The van der Waals surface area contributed by atoms with E-state index in [4.69, 9.17) is 5.26 Å². The summed E-state index contributed by atoms with van der Waals surface area (Å²) in [6.45, 7) is 0. The molecule has 3 heteroatoms. The molecule has 0 unspecified atom stereocenters. The summed E-state index contributed by atoms with van der Waals surface area (Å²) >= 11 is 3.09. The van der Waals surface area contributed by atoms with Crippen LogP contribution in [0.5, 0.6) is 0 Å². The largest absolute Gasteiger partial charge is 0.185 e. The molecule has 0 aromatic rings. The summed E-state index contributed by atoms with van der Waals surface area (Å²) in [5, 5.41) is 8.63. The van der Waals surface area contributed by atoms with Crippen molar-refractivity contribution in [3.63, 3.8) is 0 Å². The topological polar surface area (TPSA) is 23.8 Å². The third-order valence-electron chi connectivity index (χ3n) is 0. The zero-order valence-electron chi connectivity index (χ0n) is 1.66. The first kappa shape index (κ1) is 9.03. The van der Waals surface area contributed by atoms with E-state index in [1.54, 1.807) is 0 Å². The Bertz CT molecular complexity index is 29.5. The number of nitrogens with zero attached hydrogens (tertiary/aromatic N) is 1. The number of rotatable bonds is 0. The van der Waals surface area contributed by atoms with Crippen molar-refractivity contribution >= 4 is 12.6 Å². The number of thiocyanates is 1. The molecule has 0 radical (unpaired) electrons. The maximum Gasteiger partial charge on any atom is 0.130 e. The van der Waals surface area contributed by atoms with Gasteiger partial charge in [0.15, 0.2) is 0 Å². The van der Waals surface area contributed by atoms with E-state index < -0.39 is 0 Å². The Hall–Kier alpha value is 1.36. The minimum atomic E-state index is 0. The average molecular weight is 232 g/mol. The van der Waals surface area contributed by atoms with Crippen LogP contribution in [0.3, 0.4) is 0 Å². The van der Waals surface area contributed by atoms with Gasteiger partial charge in [-0.05, 0) is 0 Å². The van der Waals surface area contributed by atoms with Crippen molar-refractivity contribution in [3.8, 4) is 5.40 Å². The van der Waals surface area contributed by atoms with Crippen LogP contribution in [0.2, 0.25) is 0 Å². The molecule has 0 rings (SSSR count). The minimum absolute atomic E-state index is 0. The first-order chi connectivity index (χ1) is 1.41. The van der Waals surface area contributed by atoms with E-state index >= 15 is 0 Å². The first-order valence-electron chi connectivity index (χ1n) is 0.447. The number of hydrogen-bond donors (Lipinski definition) is 1. The molecule has 0 aromatic heterocycles. The van der Waals surface area contributed by atoms with E-state index in [-0.39, 0.29) is 46.9 Å². The van der Waals surface area contributed by atoms with Crippen LogP contribution in [0.25, 0.3) is 0 Å². The Labute approximate surface area is 69.0 Å². The second-order valence-electron chi connectivity index (χ2n) is 0.100. The second kappa shape index (κ2) is 8.84. The van der Waals surface area contributed by atoms with Gasteiger partial charge in [-0.25, -0.2) is 0 Å². The molecular weight excluding hydrogens is 231 g/mol. The average Bonchev–Trinajstić information content (AvgIpc) is 0.918. The van der Waals surface area contributed by atoms with Gasteiger partial charge in [0.05, 0.1) is 0 Å². The third-order valence-corrected chi connectivity index (χ3v) is 0. The quantitative estimate of drug-likeness (QED) is 0.474. The van der Waals surface area contributed by atoms with Gasteiger partial charge in [-0.3, -0.25) is 0 Å². The van der Waals surface area contributed by atoms with E-state index in [9.17, 15) is 0 Å². The molecule has 0 atom stereocenters. The monoisotopic (exact) mass is 233 g/mol. The van der Waals surface area contributed by atoms with Crippen molar-refractivity contribution in [1.29, 1.82) is 5.26 Å². The third kappa shape index (κ3) is 10.1. The van der Waals surface area contributed by atoms with Gasteiger partial charge in [0.2, 0.25) is 0 Å². The molecule has 0 amide bonds. The van der Waals surface area contributed by atoms with Gasteiger partial charge in [-0.2, -0.15) is 5.26 Å². The zero-order chi connectivity index (χ0) is 2.71. The van der Waals surface area contributed by atoms with E-state index in [1.807, 2.05) is 0 Å². The predicted molar refractivity (Wildman–Crippen MR) is 14.6 cm³/mol. The fourth-order valence-corrected chi connectivity index (χ4v) is 0. The molecule has 0 aliphatic carbocycles. The smallest absolute Gasteiger partial charge is 0.130 e. The molecule has 0 N–H and O–H groups in total. The SMILES string of the molecule is N#CS.[Yb]. The van der Waals surface area contributed by atoms with E-state index in [1.165, 1.54) is 5.40 Å². The Morgan fingerprint density at radius 2 is 1.75 bits per heavy atom. The summed E-state index contributed by atoms with van der Waals surface area (Å²) in [5.74, 6) is 0. The number of hydrogen-bond acceptors (Lipinski definition) is 2. The fraction of sp³-hybridized carbons (Fsp3) is 0. The van der Waals surface area contributed by atoms with E-state index in [0.717, 1.165) is 0 Å². The van der Waals surface area contributed by atoms with Crippen molar-refractivity contribution in [2.75, 3.05) is 0 Å². The molecule has 30 valence electrons. The maximum atomic E-state index is 7.18. The van der Waals surface area contributed by atoms with Gasteiger partial charge >= 0.3 is 0 Å². The molecule has 0 aromatic carbocycles. The van der Waals surface area contributed by atoms with Crippen LogP contribution in [-0.4, -0.2) is 0 Å². The van der Waals surface area contributed by atoms with Gasteiger partial charge in [-0.15, -0.1) is 0 Å². The predicted octanol–water partition coefficient (Wildman–Crippen LogP) is 0.397. The van der Waals surface area contributed by atoms with Gasteiger partial charge in [0.25, 0.3) is 0 Å². The van der Waals surface area contributed by atoms with E-state index in [0.29, 0.717) is 0 Å². The summed E-state index contributed by atoms with van der Waals surface area (Å²) in [4.78, 5) is 0. The Morgan fingerprint density at radius 3 is 1.75 bits per heavy atom. The molecule has 0 spiro atoms. The van der Waals surface area contributed by atoms with Crippen LogP contribution in [-0.2, 0) is 0 Å². The summed E-state index contributed by atoms with van der Waals surface area (Å²) in [6.07, 6.45) is 0. The Kier molecular flexibility index (Phi) is 19.9. The molecule has 0 bridgehead atoms. The van der Waals surface area contributed by atoms with Gasteiger partial charge < -0.3 is 0 Å². The molecule has 1 nitrogen and oxygen atoms in total. The van der Waals surface area contributed by atoms with Crippen molar-refractivity contribution in [3.05, 3.63) is 0 Å². The molecule has 0 aliphatic heterocycles. The maximum absolute atomic E-state index is 7.18. The fourth-order valence-electron chi connectivity index (χ4n) is 0. The van der Waals surface area contributed by atoms with Crippen LogP contribution < -0.4 is 0 Å². The molecule has 4 heavy (non-hydrogen) atoms. The number of nitriles is 1. The van der Waals surface area contributed by atoms with Crippen LogP contribution in [0.15, 0.2) is 0 Å². The van der Waals surface area contributed by atoms with E-state index in [2.05, 4.69) is 12.6 Å². The molecule has 0 fully saturated rings. The molecule has 0 heterocycles. The van der Waals surface area contributed by atoms with Crippen molar-refractivity contribution < 1.29 is 46.9 Å². The van der Waals surface area contributed by atoms with Crippen molar-refractivity contribution in [2.45, 2.75) is 0 Å². The zero-order valence-corrected chi connectivity index (χ0v) is 4.27. The van der Waals surface area contributed by atoms with Crippen LogP contribution in [0, 0.1) is 57.6 Å². The van der Waals surface area contributed by atoms with Gasteiger partial charge in [-0.1, -0.05) is 12.6 Å². The Balaban J connectivity index is 0. The van der Waals surface area contributed by atoms with Crippen LogP contribution in [0.4, 0.5) is 0 Å². The van der Waals surface area contributed by atoms with Gasteiger partial charge in [0.1, 0.15) is 5.40 Å². The van der Waals surface area contributed by atoms with Crippen LogP contribution >= 0.6 is 12.6 Å². The summed E-state index contributed by atoms with van der Waals surface area (Å²) in [7, 11) is 0. The molecule has 0 saturated heterocycles. The molecule has 0 saturated carbocycles. The summed E-state index contributed by atoms with van der Waals surface area (Å²) in [6, 6.07) is 0. The summed E-state index contributed by atoms with van der Waals surface area (Å²) in [5.41, 5.74) is 0. The standard InChI is InChI=1S/CHNS.Yb/c2-1-3;/h3H;. The van der Waals surface area contributed by atoms with Gasteiger partial charge in [0, 0.05) is 46.9 Å². The summed E-state index contributed by atoms with van der Waals surface area (Å²) < 4.78 is 0. The first-order valence-corrected chi connectivity index (χ1v) is 0.894. The Morgan fingerprint density at radius 1 is 1.75 bits per heavy atom.